The quantitative estimate of drug-likeness (QED) is 0.549. The van der Waals surface area contributed by atoms with Crippen LogP contribution in [0.3, 0.4) is 0 Å². The molecule has 1 N–H and O–H groups in total. The van der Waals surface area contributed by atoms with Crippen LogP contribution in [0.1, 0.15) is 26.7 Å². The lowest BCUT2D eigenvalue weighted by molar-refractivity contribution is -0.129. The molecule has 52 valence electrons. The fraction of sp³-hybridized carbons (Fsp3) is 0.857. The number of carbonyl (C=O) groups excluding carboxylic acids is 1. The minimum absolute atomic E-state index is 0.209. The van der Waals surface area contributed by atoms with Gasteiger partial charge in [-0.2, -0.15) is 0 Å². The summed E-state index contributed by atoms with van der Waals surface area (Å²) in [6.45, 7) is 4.32. The molecule has 0 spiro atoms. The molecule has 2 unspecified atom stereocenters. The molecule has 1 fully saturated rings. The van der Waals surface area contributed by atoms with Gasteiger partial charge in [0.25, 0.3) is 0 Å². The second-order valence-electron chi connectivity index (χ2n) is 2.76. The molecule has 9 heavy (non-hydrogen) atoms. The van der Waals surface area contributed by atoms with Gasteiger partial charge in [-0.15, -0.1) is 0 Å². The Hall–Kier alpha value is -0.530. The second-order valence-corrected chi connectivity index (χ2v) is 2.76. The summed E-state index contributed by atoms with van der Waals surface area (Å²) >= 11 is 0. The average molecular weight is 127 g/mol. The van der Waals surface area contributed by atoms with Gasteiger partial charge in [0, 0.05) is 12.5 Å². The molecule has 0 aromatic carbocycles. The van der Waals surface area contributed by atoms with Crippen LogP contribution in [0.2, 0.25) is 0 Å². The molecule has 2 atom stereocenters. The van der Waals surface area contributed by atoms with Crippen LogP contribution in [-0.2, 0) is 4.79 Å². The predicted molar refractivity (Wildman–Crippen MR) is 36.0 cm³/mol. The Morgan fingerprint density at radius 2 is 2.44 bits per heavy atom. The number of carbonyl (C=O) groups is 1. The Balaban J connectivity index is 2.23. The van der Waals surface area contributed by atoms with E-state index in [1.165, 1.54) is 0 Å². The molecule has 2 heteroatoms. The van der Waals surface area contributed by atoms with E-state index in [4.69, 9.17) is 0 Å². The van der Waals surface area contributed by atoms with Crippen LogP contribution < -0.4 is 5.32 Å². The third-order valence-electron chi connectivity index (χ3n) is 2.08. The third-order valence-corrected chi connectivity index (χ3v) is 2.08. The average Bonchev–Trinajstić information content (AvgIpc) is 1.79. The molecule has 1 aliphatic heterocycles. The highest BCUT2D eigenvalue weighted by atomic mass is 16.2. The van der Waals surface area contributed by atoms with E-state index in [-0.39, 0.29) is 5.91 Å². The molecule has 1 rings (SSSR count). The number of rotatable bonds is 2. The van der Waals surface area contributed by atoms with Gasteiger partial charge in [0.1, 0.15) is 0 Å². The van der Waals surface area contributed by atoms with E-state index in [2.05, 4.69) is 19.2 Å². The molecule has 2 nitrogen and oxygen atoms in total. The summed E-state index contributed by atoms with van der Waals surface area (Å²) in [5.74, 6) is 0.864. The van der Waals surface area contributed by atoms with Gasteiger partial charge in [-0.05, 0) is 5.92 Å². The van der Waals surface area contributed by atoms with Crippen molar-refractivity contribution in [3.63, 3.8) is 0 Å². The zero-order chi connectivity index (χ0) is 6.85. The van der Waals surface area contributed by atoms with E-state index in [0.717, 1.165) is 12.8 Å². The summed E-state index contributed by atoms with van der Waals surface area (Å²) in [7, 11) is 0. The Bertz CT molecular complexity index is 114. The first-order chi connectivity index (χ1) is 4.24. The van der Waals surface area contributed by atoms with Gasteiger partial charge in [-0.25, -0.2) is 0 Å². The summed E-state index contributed by atoms with van der Waals surface area (Å²) in [5, 5.41) is 2.85. The van der Waals surface area contributed by atoms with E-state index in [0.29, 0.717) is 12.0 Å². The fourth-order valence-corrected chi connectivity index (χ4v) is 1.01. The van der Waals surface area contributed by atoms with E-state index in [1.807, 2.05) is 0 Å². The maximum atomic E-state index is 10.4. The van der Waals surface area contributed by atoms with Crippen molar-refractivity contribution in [3.05, 3.63) is 0 Å². The van der Waals surface area contributed by atoms with Gasteiger partial charge < -0.3 is 5.32 Å². The van der Waals surface area contributed by atoms with E-state index >= 15 is 0 Å². The summed E-state index contributed by atoms with van der Waals surface area (Å²) in [4.78, 5) is 10.4. The number of hydrogen-bond donors (Lipinski definition) is 1. The lowest BCUT2D eigenvalue weighted by atomic mass is 9.91. The van der Waals surface area contributed by atoms with Crippen LogP contribution in [0.5, 0.6) is 0 Å². The molecule has 1 amide bonds. The van der Waals surface area contributed by atoms with Gasteiger partial charge in [-0.3, -0.25) is 4.79 Å². The SMILES string of the molecule is CCC(C)C1CC(=O)N1. The van der Waals surface area contributed by atoms with Crippen molar-refractivity contribution in [1.29, 1.82) is 0 Å². The van der Waals surface area contributed by atoms with Crippen LogP contribution in [-0.4, -0.2) is 11.9 Å². The van der Waals surface area contributed by atoms with Crippen molar-refractivity contribution in [2.24, 2.45) is 5.92 Å². The van der Waals surface area contributed by atoms with Crippen LogP contribution in [0.4, 0.5) is 0 Å². The number of β-lactam (4-membered cyclic amide) rings is 1. The highest BCUT2D eigenvalue weighted by molar-refractivity contribution is 5.82. The molecule has 0 radical (unpaired) electrons. The number of hydrogen-bond acceptors (Lipinski definition) is 1. The first-order valence-corrected chi connectivity index (χ1v) is 3.53. The Kier molecular flexibility index (Phi) is 1.74. The third kappa shape index (κ3) is 1.23. The van der Waals surface area contributed by atoms with Crippen LogP contribution in [0.25, 0.3) is 0 Å². The molecule has 0 bridgehead atoms. The predicted octanol–water partition coefficient (Wildman–Crippen LogP) is 0.921. The first-order valence-electron chi connectivity index (χ1n) is 3.53. The van der Waals surface area contributed by atoms with Crippen LogP contribution >= 0.6 is 0 Å². The monoisotopic (exact) mass is 127 g/mol. The molecule has 1 saturated heterocycles. The van der Waals surface area contributed by atoms with Gasteiger partial charge in [-0.1, -0.05) is 20.3 Å². The maximum Gasteiger partial charge on any atom is 0.222 e. The Morgan fingerprint density at radius 3 is 2.78 bits per heavy atom. The molecule has 0 aromatic heterocycles. The molecule has 0 aromatic rings. The topological polar surface area (TPSA) is 29.1 Å². The van der Waals surface area contributed by atoms with Gasteiger partial charge in [0.05, 0.1) is 0 Å². The van der Waals surface area contributed by atoms with Crippen molar-refractivity contribution < 1.29 is 4.79 Å². The van der Waals surface area contributed by atoms with Gasteiger partial charge >= 0.3 is 0 Å². The van der Waals surface area contributed by atoms with Crippen molar-refractivity contribution in [2.75, 3.05) is 0 Å². The van der Waals surface area contributed by atoms with Gasteiger partial charge in [0.2, 0.25) is 5.91 Å². The second kappa shape index (κ2) is 2.38. The summed E-state index contributed by atoms with van der Waals surface area (Å²) in [6, 6.07) is 0.475. The first kappa shape index (κ1) is 6.59. The minimum atomic E-state index is 0.209. The number of nitrogens with one attached hydrogen (secondary N) is 1. The molecular weight excluding hydrogens is 114 g/mol. The Morgan fingerprint density at radius 1 is 1.89 bits per heavy atom. The Labute approximate surface area is 55.6 Å². The molecule has 0 aliphatic carbocycles. The largest absolute Gasteiger partial charge is 0.353 e. The zero-order valence-corrected chi connectivity index (χ0v) is 5.98. The lowest BCUT2D eigenvalue weighted by Crippen LogP contribution is -2.51. The van der Waals surface area contributed by atoms with E-state index in [9.17, 15) is 4.79 Å². The zero-order valence-electron chi connectivity index (χ0n) is 5.98. The van der Waals surface area contributed by atoms with E-state index < -0.39 is 0 Å². The number of amides is 1. The standard InChI is InChI=1S/C7H13NO/c1-3-5(2)6-4-7(9)8-6/h5-6H,3-4H2,1-2H3,(H,8,9). The van der Waals surface area contributed by atoms with Gasteiger partial charge in [0.15, 0.2) is 0 Å². The van der Waals surface area contributed by atoms with Crippen molar-refractivity contribution in [3.8, 4) is 0 Å². The molecule has 0 saturated carbocycles. The lowest BCUT2D eigenvalue weighted by Gasteiger charge is -2.31. The highest BCUT2D eigenvalue weighted by Crippen LogP contribution is 2.16. The normalized spacial score (nSPS) is 28.7. The van der Waals surface area contributed by atoms with Crippen molar-refractivity contribution >= 4 is 5.91 Å². The highest BCUT2D eigenvalue weighted by Gasteiger charge is 2.28. The molecular formula is C7H13NO. The van der Waals surface area contributed by atoms with Crippen molar-refractivity contribution in [1.82, 2.24) is 5.32 Å². The summed E-state index contributed by atoms with van der Waals surface area (Å²) in [5.41, 5.74) is 0. The minimum Gasteiger partial charge on any atom is -0.353 e. The van der Waals surface area contributed by atoms with E-state index in [1.54, 1.807) is 0 Å². The van der Waals surface area contributed by atoms with Crippen molar-refractivity contribution in [2.45, 2.75) is 32.7 Å². The van der Waals surface area contributed by atoms with Crippen LogP contribution in [0.15, 0.2) is 0 Å². The molecule has 1 aliphatic rings. The van der Waals surface area contributed by atoms with Crippen LogP contribution in [0, 0.1) is 5.92 Å². The smallest absolute Gasteiger partial charge is 0.222 e. The summed E-state index contributed by atoms with van der Waals surface area (Å²) in [6.07, 6.45) is 1.90. The summed E-state index contributed by atoms with van der Waals surface area (Å²) < 4.78 is 0. The maximum absolute atomic E-state index is 10.4. The fourth-order valence-electron chi connectivity index (χ4n) is 1.01. The molecule has 1 heterocycles.